The Balaban J connectivity index is 1.51. The number of rotatable bonds is 5. The maximum atomic E-state index is 12.9. The normalized spacial score (nSPS) is 18.1. The number of urea groups is 1. The van der Waals surface area contributed by atoms with Gasteiger partial charge in [-0.3, -0.25) is 9.69 Å². The van der Waals surface area contributed by atoms with Gasteiger partial charge in [-0.15, -0.1) is 11.3 Å². The van der Waals surface area contributed by atoms with Crippen LogP contribution in [-0.4, -0.2) is 34.4 Å². The maximum Gasteiger partial charge on any atom is 0.324 e. The summed E-state index contributed by atoms with van der Waals surface area (Å²) in [6.07, 6.45) is 0.493. The number of nitrogens with zero attached hydrogens (tertiary/aromatic N) is 2. The number of hydrogen-bond acceptors (Lipinski definition) is 4. The summed E-state index contributed by atoms with van der Waals surface area (Å²) in [7, 11) is 0. The number of carbonyl (C=O) groups is 2. The lowest BCUT2D eigenvalue weighted by molar-refractivity contribution is -0.127. The third kappa shape index (κ3) is 3.45. The molecule has 0 aliphatic carbocycles. The predicted molar refractivity (Wildman–Crippen MR) is 107 cm³/mol. The van der Waals surface area contributed by atoms with Gasteiger partial charge in [-0.2, -0.15) is 0 Å². The van der Waals surface area contributed by atoms with Crippen LogP contribution in [0.4, 0.5) is 4.79 Å². The lowest BCUT2D eigenvalue weighted by atomic mass is 9.99. The zero-order valence-corrected chi connectivity index (χ0v) is 16.1. The molecule has 138 valence electrons. The molecule has 1 aliphatic rings. The van der Waals surface area contributed by atoms with Crippen LogP contribution < -0.4 is 5.32 Å². The highest BCUT2D eigenvalue weighted by atomic mass is 32.1. The molecule has 0 radical (unpaired) electrons. The van der Waals surface area contributed by atoms with Crippen LogP contribution in [0, 0.1) is 6.92 Å². The van der Waals surface area contributed by atoms with Gasteiger partial charge in [-0.1, -0.05) is 49.4 Å². The summed E-state index contributed by atoms with van der Waals surface area (Å²) in [5, 5.41) is 8.04. The number of imide groups is 1. The molecule has 3 aromatic rings. The van der Waals surface area contributed by atoms with Crippen molar-refractivity contribution < 1.29 is 9.59 Å². The first-order valence-electron chi connectivity index (χ1n) is 9.03. The fourth-order valence-corrected chi connectivity index (χ4v) is 4.38. The number of aromatic nitrogens is 1. The Morgan fingerprint density at radius 1 is 1.19 bits per heavy atom. The minimum atomic E-state index is -0.520. The molecule has 0 saturated carbocycles. The summed E-state index contributed by atoms with van der Waals surface area (Å²) < 4.78 is 0. The number of hydrogen-bond donors (Lipinski definition) is 1. The molecule has 2 atom stereocenters. The van der Waals surface area contributed by atoms with Crippen LogP contribution in [-0.2, 0) is 11.2 Å². The van der Waals surface area contributed by atoms with Crippen molar-refractivity contribution in [2.75, 3.05) is 6.54 Å². The quantitative estimate of drug-likeness (QED) is 0.685. The molecule has 1 aliphatic heterocycles. The molecule has 4 rings (SSSR count). The largest absolute Gasteiger partial charge is 0.325 e. The van der Waals surface area contributed by atoms with Gasteiger partial charge in [0.05, 0.1) is 5.01 Å². The van der Waals surface area contributed by atoms with E-state index in [2.05, 4.69) is 28.5 Å². The molecule has 2 heterocycles. The van der Waals surface area contributed by atoms with E-state index < -0.39 is 6.04 Å². The van der Waals surface area contributed by atoms with Crippen LogP contribution in [0.1, 0.15) is 29.1 Å². The Bertz CT molecular complexity index is 1010. The van der Waals surface area contributed by atoms with Crippen LogP contribution in [0.3, 0.4) is 0 Å². The molecular formula is C21H21N3O2S. The van der Waals surface area contributed by atoms with Gasteiger partial charge in [0, 0.05) is 30.0 Å². The van der Waals surface area contributed by atoms with Crippen molar-refractivity contribution in [1.29, 1.82) is 0 Å². The molecule has 27 heavy (non-hydrogen) atoms. The molecule has 6 heteroatoms. The van der Waals surface area contributed by atoms with Gasteiger partial charge >= 0.3 is 6.03 Å². The topological polar surface area (TPSA) is 62.3 Å². The summed E-state index contributed by atoms with van der Waals surface area (Å²) >= 11 is 1.57. The van der Waals surface area contributed by atoms with Crippen molar-refractivity contribution in [3.05, 3.63) is 64.1 Å². The molecule has 2 aromatic carbocycles. The smallest absolute Gasteiger partial charge is 0.324 e. The van der Waals surface area contributed by atoms with Gasteiger partial charge in [0.15, 0.2) is 0 Å². The predicted octanol–water partition coefficient (Wildman–Crippen LogP) is 3.87. The number of amides is 3. The highest BCUT2D eigenvalue weighted by molar-refractivity contribution is 7.09. The van der Waals surface area contributed by atoms with E-state index in [1.165, 1.54) is 4.90 Å². The fourth-order valence-electron chi connectivity index (χ4n) is 3.53. The fraction of sp³-hybridized carbons (Fsp3) is 0.286. The third-order valence-electron chi connectivity index (χ3n) is 4.93. The summed E-state index contributed by atoms with van der Waals surface area (Å²) in [5.41, 5.74) is 2.03. The van der Waals surface area contributed by atoms with Gasteiger partial charge < -0.3 is 5.32 Å². The highest BCUT2D eigenvalue weighted by Gasteiger charge is 2.39. The second kappa shape index (κ2) is 7.12. The summed E-state index contributed by atoms with van der Waals surface area (Å²) in [6, 6.07) is 13.3. The molecule has 5 nitrogen and oxygen atoms in total. The molecule has 1 saturated heterocycles. The van der Waals surface area contributed by atoms with Crippen LogP contribution >= 0.6 is 11.3 Å². The van der Waals surface area contributed by atoms with Crippen molar-refractivity contribution in [1.82, 2.24) is 15.2 Å². The Kier molecular flexibility index (Phi) is 4.66. The number of thiazole rings is 1. The first-order valence-corrected chi connectivity index (χ1v) is 9.91. The molecule has 1 aromatic heterocycles. The number of nitrogens with one attached hydrogen (secondary N) is 1. The van der Waals surface area contributed by atoms with E-state index in [9.17, 15) is 9.59 Å². The van der Waals surface area contributed by atoms with E-state index in [1.807, 2.05) is 43.5 Å². The lowest BCUT2D eigenvalue weighted by Gasteiger charge is -2.17. The number of benzene rings is 2. The lowest BCUT2D eigenvalue weighted by Crippen LogP contribution is -2.35. The van der Waals surface area contributed by atoms with E-state index >= 15 is 0 Å². The van der Waals surface area contributed by atoms with Crippen molar-refractivity contribution >= 4 is 34.0 Å². The standard InChI is InChI=1S/C21H21N3O2S/c1-13(19-22-14(2)12-27-19)11-24-20(25)18(23-21(24)26)10-16-8-5-7-15-6-3-4-9-17(15)16/h3-9,12-13,18H,10-11H2,1-2H3,(H,23,26)/t13-,18+/m1/s1. The van der Waals surface area contributed by atoms with Crippen LogP contribution in [0.2, 0.25) is 0 Å². The van der Waals surface area contributed by atoms with Crippen molar-refractivity contribution in [2.45, 2.75) is 32.2 Å². The minimum Gasteiger partial charge on any atom is -0.325 e. The van der Waals surface area contributed by atoms with Crippen LogP contribution in [0.15, 0.2) is 47.8 Å². The van der Waals surface area contributed by atoms with E-state index in [0.717, 1.165) is 27.0 Å². The number of fused-ring (bicyclic) bond motifs is 1. The van der Waals surface area contributed by atoms with E-state index in [0.29, 0.717) is 13.0 Å². The highest BCUT2D eigenvalue weighted by Crippen LogP contribution is 2.24. The summed E-state index contributed by atoms with van der Waals surface area (Å²) in [4.78, 5) is 31.1. The van der Waals surface area contributed by atoms with E-state index in [4.69, 9.17) is 0 Å². The van der Waals surface area contributed by atoms with Gasteiger partial charge in [-0.25, -0.2) is 9.78 Å². The molecular weight excluding hydrogens is 358 g/mol. The molecule has 1 fully saturated rings. The third-order valence-corrected chi connectivity index (χ3v) is 6.12. The minimum absolute atomic E-state index is 0.0229. The second-order valence-electron chi connectivity index (χ2n) is 7.02. The Labute approximate surface area is 162 Å². The number of aryl methyl sites for hydroxylation is 1. The average molecular weight is 379 g/mol. The summed E-state index contributed by atoms with van der Waals surface area (Å²) in [5.74, 6) is -0.136. The first kappa shape index (κ1) is 17.7. The SMILES string of the molecule is Cc1csc([C@H](C)CN2C(=O)N[C@@H](Cc3cccc4ccccc34)C2=O)n1. The molecule has 0 bridgehead atoms. The van der Waals surface area contributed by atoms with Gasteiger partial charge in [-0.05, 0) is 23.3 Å². The Hall–Kier alpha value is -2.73. The van der Waals surface area contributed by atoms with Crippen molar-refractivity contribution in [3.8, 4) is 0 Å². The van der Waals surface area contributed by atoms with E-state index in [-0.39, 0.29) is 17.9 Å². The average Bonchev–Trinajstić information content (AvgIpc) is 3.21. The maximum absolute atomic E-state index is 12.9. The van der Waals surface area contributed by atoms with Crippen LogP contribution in [0.25, 0.3) is 10.8 Å². The monoisotopic (exact) mass is 379 g/mol. The van der Waals surface area contributed by atoms with Gasteiger partial charge in [0.2, 0.25) is 0 Å². The van der Waals surface area contributed by atoms with Crippen molar-refractivity contribution in [2.24, 2.45) is 0 Å². The molecule has 0 spiro atoms. The number of carbonyl (C=O) groups excluding carboxylic acids is 2. The zero-order chi connectivity index (χ0) is 19.0. The molecule has 1 N–H and O–H groups in total. The molecule has 3 amide bonds. The first-order chi connectivity index (χ1) is 13.0. The van der Waals surface area contributed by atoms with Gasteiger partial charge in [0.1, 0.15) is 6.04 Å². The summed E-state index contributed by atoms with van der Waals surface area (Å²) in [6.45, 7) is 4.29. The zero-order valence-electron chi connectivity index (χ0n) is 15.3. The Morgan fingerprint density at radius 2 is 1.96 bits per heavy atom. The van der Waals surface area contributed by atoms with Crippen molar-refractivity contribution in [3.63, 3.8) is 0 Å². The molecule has 0 unspecified atom stereocenters. The van der Waals surface area contributed by atoms with Gasteiger partial charge in [0.25, 0.3) is 5.91 Å². The van der Waals surface area contributed by atoms with Crippen LogP contribution in [0.5, 0.6) is 0 Å². The Morgan fingerprint density at radius 3 is 2.74 bits per heavy atom. The second-order valence-corrected chi connectivity index (χ2v) is 7.91. The van der Waals surface area contributed by atoms with E-state index in [1.54, 1.807) is 11.3 Å².